The van der Waals surface area contributed by atoms with Crippen molar-refractivity contribution in [3.63, 3.8) is 0 Å². The number of hydrogen-bond donors (Lipinski definition) is 2. The van der Waals surface area contributed by atoms with E-state index < -0.39 is 11.7 Å². The van der Waals surface area contributed by atoms with Gasteiger partial charge in [0.1, 0.15) is 11.3 Å². The maximum absolute atomic E-state index is 11.0. The summed E-state index contributed by atoms with van der Waals surface area (Å²) in [7, 11) is 0. The first-order valence-corrected chi connectivity index (χ1v) is 4.05. The highest BCUT2D eigenvalue weighted by Gasteiger charge is 2.14. The fraction of sp³-hybridized carbons (Fsp3) is 0. The number of hydrogen-bond acceptors (Lipinski definition) is 4. The molecule has 0 aliphatic rings. The summed E-state index contributed by atoms with van der Waals surface area (Å²) in [4.78, 5) is 27.4. The van der Waals surface area contributed by atoms with Gasteiger partial charge in [0, 0.05) is 6.20 Å². The summed E-state index contributed by atoms with van der Waals surface area (Å²) >= 11 is 0. The van der Waals surface area contributed by atoms with E-state index in [0.717, 1.165) is 6.20 Å². The summed E-state index contributed by atoms with van der Waals surface area (Å²) in [5.41, 5.74) is -0.608. The molecule has 0 atom stereocenters. The highest BCUT2D eigenvalue weighted by Crippen LogP contribution is 2.19. The zero-order chi connectivity index (χ0) is 10.8. The van der Waals surface area contributed by atoms with Gasteiger partial charge < -0.3 is 14.5 Å². The summed E-state index contributed by atoms with van der Waals surface area (Å²) in [5, 5.41) is 8.85. The number of aromatic amines is 1. The van der Waals surface area contributed by atoms with Crippen LogP contribution in [0.2, 0.25) is 0 Å². The van der Waals surface area contributed by atoms with E-state index in [4.69, 9.17) is 9.52 Å². The molecule has 0 aliphatic carbocycles. The molecule has 15 heavy (non-hydrogen) atoms. The molecule has 0 saturated heterocycles. The van der Waals surface area contributed by atoms with Gasteiger partial charge >= 0.3 is 11.7 Å². The normalized spacial score (nSPS) is 10.1. The van der Waals surface area contributed by atoms with Crippen LogP contribution in [-0.4, -0.2) is 21.0 Å². The molecule has 0 unspecified atom stereocenters. The molecule has 6 heteroatoms. The van der Waals surface area contributed by atoms with Crippen LogP contribution in [0.25, 0.3) is 11.5 Å². The summed E-state index contributed by atoms with van der Waals surface area (Å²) in [6, 6.07) is 3.15. The Morgan fingerprint density at radius 3 is 2.93 bits per heavy atom. The molecule has 2 N–H and O–H groups in total. The molecule has 0 radical (unpaired) electrons. The van der Waals surface area contributed by atoms with Gasteiger partial charge in [-0.15, -0.1) is 0 Å². The number of nitrogens with zero attached hydrogens (tertiary/aromatic N) is 1. The molecule has 2 heterocycles. The van der Waals surface area contributed by atoms with E-state index in [-0.39, 0.29) is 17.0 Å². The fourth-order valence-corrected chi connectivity index (χ4v) is 1.17. The molecule has 2 rings (SSSR count). The molecule has 0 aliphatic heterocycles. The number of carbonyl (C=O) groups is 1. The number of aromatic nitrogens is 2. The SMILES string of the molecule is O=C(O)c1cnc(=O)[nH]c1-c1ccco1. The van der Waals surface area contributed by atoms with Crippen molar-refractivity contribution in [2.24, 2.45) is 0 Å². The van der Waals surface area contributed by atoms with E-state index in [1.807, 2.05) is 0 Å². The Kier molecular flexibility index (Phi) is 2.09. The lowest BCUT2D eigenvalue weighted by atomic mass is 10.2. The zero-order valence-electron chi connectivity index (χ0n) is 7.43. The van der Waals surface area contributed by atoms with Gasteiger partial charge in [-0.05, 0) is 12.1 Å². The predicted octanol–water partition coefficient (Wildman–Crippen LogP) is 0.728. The minimum absolute atomic E-state index is 0.107. The molecular weight excluding hydrogens is 200 g/mol. The average molecular weight is 206 g/mol. The minimum atomic E-state index is -1.18. The Morgan fingerprint density at radius 1 is 1.53 bits per heavy atom. The van der Waals surface area contributed by atoms with Gasteiger partial charge in [-0.25, -0.2) is 14.6 Å². The average Bonchev–Trinajstić information content (AvgIpc) is 2.69. The zero-order valence-corrected chi connectivity index (χ0v) is 7.43. The van der Waals surface area contributed by atoms with E-state index in [9.17, 15) is 9.59 Å². The Morgan fingerprint density at radius 2 is 2.33 bits per heavy atom. The first-order chi connectivity index (χ1) is 7.18. The van der Waals surface area contributed by atoms with Crippen LogP contribution in [0.4, 0.5) is 0 Å². The summed E-state index contributed by atoms with van der Waals surface area (Å²) in [6.07, 6.45) is 2.39. The highest BCUT2D eigenvalue weighted by atomic mass is 16.4. The third-order valence-electron chi connectivity index (χ3n) is 1.81. The number of carboxylic acid groups (broad SMARTS) is 1. The van der Waals surface area contributed by atoms with Crippen LogP contribution in [0.5, 0.6) is 0 Å². The maximum Gasteiger partial charge on any atom is 0.345 e. The molecule has 2 aromatic rings. The van der Waals surface area contributed by atoms with Crippen LogP contribution in [0, 0.1) is 0 Å². The molecular formula is C9H6N2O4. The molecule has 0 fully saturated rings. The van der Waals surface area contributed by atoms with Crippen LogP contribution < -0.4 is 5.69 Å². The maximum atomic E-state index is 11.0. The smallest absolute Gasteiger partial charge is 0.345 e. The summed E-state index contributed by atoms with van der Waals surface area (Å²) in [6.45, 7) is 0. The molecule has 0 aromatic carbocycles. The quantitative estimate of drug-likeness (QED) is 0.754. The van der Waals surface area contributed by atoms with Crippen LogP contribution in [0.15, 0.2) is 33.8 Å². The molecule has 6 nitrogen and oxygen atoms in total. The first-order valence-electron chi connectivity index (χ1n) is 4.05. The largest absolute Gasteiger partial charge is 0.478 e. The van der Waals surface area contributed by atoms with Crippen LogP contribution in [0.1, 0.15) is 10.4 Å². The van der Waals surface area contributed by atoms with Crippen LogP contribution >= 0.6 is 0 Å². The lowest BCUT2D eigenvalue weighted by Gasteiger charge is -2.00. The van der Waals surface area contributed by atoms with Crippen molar-refractivity contribution in [2.75, 3.05) is 0 Å². The molecule has 2 aromatic heterocycles. The number of rotatable bonds is 2. The number of H-pyrrole nitrogens is 1. The van der Waals surface area contributed by atoms with Crippen molar-refractivity contribution < 1.29 is 14.3 Å². The monoisotopic (exact) mass is 206 g/mol. The molecule has 0 saturated carbocycles. The number of nitrogens with one attached hydrogen (secondary N) is 1. The lowest BCUT2D eigenvalue weighted by Crippen LogP contribution is -2.14. The third-order valence-corrected chi connectivity index (χ3v) is 1.81. The van der Waals surface area contributed by atoms with Gasteiger partial charge in [0.2, 0.25) is 0 Å². The van der Waals surface area contributed by atoms with Gasteiger partial charge in [-0.3, -0.25) is 0 Å². The fourth-order valence-electron chi connectivity index (χ4n) is 1.17. The minimum Gasteiger partial charge on any atom is -0.478 e. The highest BCUT2D eigenvalue weighted by molar-refractivity contribution is 5.93. The van der Waals surface area contributed by atoms with Crippen molar-refractivity contribution in [1.82, 2.24) is 9.97 Å². The van der Waals surface area contributed by atoms with E-state index in [1.165, 1.54) is 6.26 Å². The number of carboxylic acids is 1. The number of aromatic carboxylic acids is 1. The van der Waals surface area contributed by atoms with Crippen LogP contribution in [0.3, 0.4) is 0 Å². The molecule has 0 bridgehead atoms. The lowest BCUT2D eigenvalue weighted by molar-refractivity contribution is 0.0696. The first kappa shape index (κ1) is 9.20. The third kappa shape index (κ3) is 1.64. The van der Waals surface area contributed by atoms with E-state index >= 15 is 0 Å². The Balaban J connectivity index is 2.68. The van der Waals surface area contributed by atoms with Gasteiger partial charge in [-0.1, -0.05) is 0 Å². The van der Waals surface area contributed by atoms with Crippen molar-refractivity contribution in [1.29, 1.82) is 0 Å². The molecule has 76 valence electrons. The summed E-state index contributed by atoms with van der Waals surface area (Å²) < 4.78 is 5.00. The topological polar surface area (TPSA) is 96.2 Å². The Bertz CT molecular complexity index is 541. The van der Waals surface area contributed by atoms with Gasteiger partial charge in [0.25, 0.3) is 0 Å². The Labute approximate surface area is 83.2 Å². The van der Waals surface area contributed by atoms with E-state index in [1.54, 1.807) is 12.1 Å². The predicted molar refractivity (Wildman–Crippen MR) is 49.5 cm³/mol. The van der Waals surface area contributed by atoms with Crippen molar-refractivity contribution >= 4 is 5.97 Å². The van der Waals surface area contributed by atoms with Crippen LogP contribution in [-0.2, 0) is 0 Å². The second kappa shape index (κ2) is 3.41. The van der Waals surface area contributed by atoms with E-state index in [2.05, 4.69) is 9.97 Å². The van der Waals surface area contributed by atoms with Gasteiger partial charge in [0.15, 0.2) is 5.76 Å². The van der Waals surface area contributed by atoms with Gasteiger partial charge in [0.05, 0.1) is 6.26 Å². The second-order valence-corrected chi connectivity index (χ2v) is 2.76. The van der Waals surface area contributed by atoms with Crippen molar-refractivity contribution in [2.45, 2.75) is 0 Å². The second-order valence-electron chi connectivity index (χ2n) is 2.76. The molecule has 0 amide bonds. The van der Waals surface area contributed by atoms with Crippen molar-refractivity contribution in [3.8, 4) is 11.5 Å². The van der Waals surface area contributed by atoms with E-state index in [0.29, 0.717) is 0 Å². The molecule has 0 spiro atoms. The number of furan rings is 1. The van der Waals surface area contributed by atoms with Gasteiger partial charge in [-0.2, -0.15) is 0 Å². The Hall–Kier alpha value is -2.37. The standard InChI is InChI=1S/C9H6N2O4/c12-8(13)5-4-10-9(14)11-7(5)6-2-1-3-15-6/h1-4H,(H,12,13)(H,10,11,14). The summed E-state index contributed by atoms with van der Waals surface area (Å²) in [5.74, 6) is -0.892. The van der Waals surface area contributed by atoms with Crippen molar-refractivity contribution in [3.05, 3.63) is 40.6 Å².